The topological polar surface area (TPSA) is 69.7 Å². The first kappa shape index (κ1) is 21.2. The number of urea groups is 1. The van der Waals surface area contributed by atoms with Crippen molar-refractivity contribution in [2.45, 2.75) is 50.7 Å². The minimum atomic E-state index is -1.07. The number of hydrogen-bond acceptors (Lipinski definition) is 3. The van der Waals surface area contributed by atoms with Crippen molar-refractivity contribution in [1.82, 2.24) is 15.1 Å². The van der Waals surface area contributed by atoms with E-state index in [-0.39, 0.29) is 24.4 Å². The van der Waals surface area contributed by atoms with Gasteiger partial charge < -0.3 is 10.2 Å². The van der Waals surface area contributed by atoms with Gasteiger partial charge in [-0.1, -0.05) is 58.4 Å². The fraction of sp³-hybridized carbons (Fsp3) is 0.400. The third-order valence-electron chi connectivity index (χ3n) is 7.11. The van der Waals surface area contributed by atoms with Crippen molar-refractivity contribution in [1.29, 1.82) is 0 Å². The number of rotatable bonds is 6. The average molecular weight is 496 g/mol. The van der Waals surface area contributed by atoms with E-state index < -0.39 is 11.6 Å². The molecule has 1 heterocycles. The van der Waals surface area contributed by atoms with E-state index in [0.717, 1.165) is 38.9 Å². The Balaban J connectivity index is 1.38. The van der Waals surface area contributed by atoms with E-state index in [4.69, 9.17) is 0 Å². The summed E-state index contributed by atoms with van der Waals surface area (Å²) >= 11 is 3.56. The lowest BCUT2D eigenvalue weighted by Crippen LogP contribution is -2.47. The van der Waals surface area contributed by atoms with E-state index >= 15 is 0 Å². The molecule has 32 heavy (non-hydrogen) atoms. The Bertz CT molecular complexity index is 1090. The summed E-state index contributed by atoms with van der Waals surface area (Å²) in [6.45, 7) is 2.30. The van der Waals surface area contributed by atoms with Crippen LogP contribution in [0.15, 0.2) is 53.0 Å². The van der Waals surface area contributed by atoms with Crippen LogP contribution in [0.1, 0.15) is 42.9 Å². The van der Waals surface area contributed by atoms with Crippen LogP contribution in [0.5, 0.6) is 0 Å². The van der Waals surface area contributed by atoms with Gasteiger partial charge in [-0.3, -0.25) is 14.5 Å². The molecule has 0 bridgehead atoms. The highest BCUT2D eigenvalue weighted by molar-refractivity contribution is 9.10. The van der Waals surface area contributed by atoms with Crippen molar-refractivity contribution in [2.24, 2.45) is 5.92 Å². The third-order valence-corrected chi connectivity index (χ3v) is 7.85. The Morgan fingerprint density at radius 1 is 1.19 bits per heavy atom. The molecule has 1 N–H and O–H groups in total. The van der Waals surface area contributed by atoms with E-state index in [1.165, 1.54) is 0 Å². The van der Waals surface area contributed by atoms with Gasteiger partial charge >= 0.3 is 6.03 Å². The lowest BCUT2D eigenvalue weighted by atomic mass is 9.92. The van der Waals surface area contributed by atoms with Gasteiger partial charge in [0.15, 0.2) is 0 Å². The molecule has 0 radical (unpaired) electrons. The van der Waals surface area contributed by atoms with Crippen LogP contribution >= 0.6 is 15.9 Å². The Kier molecular flexibility index (Phi) is 5.32. The van der Waals surface area contributed by atoms with Gasteiger partial charge in [-0.2, -0.15) is 0 Å². The molecule has 2 unspecified atom stereocenters. The summed E-state index contributed by atoms with van der Waals surface area (Å²) in [4.78, 5) is 42.7. The maximum absolute atomic E-state index is 13.5. The van der Waals surface area contributed by atoms with E-state index in [9.17, 15) is 14.4 Å². The van der Waals surface area contributed by atoms with E-state index in [1.54, 1.807) is 0 Å². The normalized spacial score (nSPS) is 22.8. The number of imide groups is 1. The predicted molar refractivity (Wildman–Crippen MR) is 124 cm³/mol. The SMILES string of the molecule is CC(C1CC1)N(Cc1ccccc1)C(=O)CN1C(=O)NC2(CCc3c(Br)cccc32)C1=O. The summed E-state index contributed by atoms with van der Waals surface area (Å²) in [6, 6.07) is 15.1. The second-order valence-electron chi connectivity index (χ2n) is 9.08. The van der Waals surface area contributed by atoms with Gasteiger partial charge in [0, 0.05) is 17.1 Å². The fourth-order valence-electron chi connectivity index (χ4n) is 5.08. The molecule has 5 rings (SSSR count). The van der Waals surface area contributed by atoms with Crippen LogP contribution in [0.4, 0.5) is 4.79 Å². The van der Waals surface area contributed by atoms with Gasteiger partial charge in [-0.05, 0) is 61.3 Å². The molecule has 2 aromatic carbocycles. The molecule has 2 fully saturated rings. The highest BCUT2D eigenvalue weighted by atomic mass is 79.9. The second kappa shape index (κ2) is 8.03. The number of carbonyl (C=O) groups excluding carboxylic acids is 3. The van der Waals surface area contributed by atoms with E-state index in [1.807, 2.05) is 53.4 Å². The molecule has 7 heteroatoms. The molecule has 1 aliphatic heterocycles. The molecule has 2 atom stereocenters. The summed E-state index contributed by atoms with van der Waals surface area (Å²) < 4.78 is 0.941. The first-order valence-corrected chi connectivity index (χ1v) is 12.0. The Labute approximate surface area is 196 Å². The first-order chi connectivity index (χ1) is 15.4. The minimum absolute atomic E-state index is 0.0700. The molecule has 0 aromatic heterocycles. The summed E-state index contributed by atoms with van der Waals surface area (Å²) in [5.41, 5.74) is 1.84. The number of nitrogens with one attached hydrogen (secondary N) is 1. The smallest absolute Gasteiger partial charge is 0.325 e. The summed E-state index contributed by atoms with van der Waals surface area (Å²) in [7, 11) is 0. The molecular formula is C25H26BrN3O3. The molecule has 4 amide bonds. The van der Waals surface area contributed by atoms with Crippen molar-refractivity contribution < 1.29 is 14.4 Å². The third kappa shape index (κ3) is 3.52. The fourth-order valence-corrected chi connectivity index (χ4v) is 5.64. The summed E-state index contributed by atoms with van der Waals surface area (Å²) in [6.07, 6.45) is 3.42. The lowest BCUT2D eigenvalue weighted by Gasteiger charge is -2.31. The van der Waals surface area contributed by atoms with Crippen LogP contribution in [-0.4, -0.2) is 40.2 Å². The zero-order chi connectivity index (χ0) is 22.5. The highest BCUT2D eigenvalue weighted by Gasteiger charge is 2.56. The molecule has 166 valence electrons. The molecule has 2 aliphatic carbocycles. The van der Waals surface area contributed by atoms with E-state index in [2.05, 4.69) is 28.2 Å². The number of nitrogens with zero attached hydrogens (tertiary/aromatic N) is 2. The standard InChI is InChI=1S/C25H26BrN3O3/c1-16(18-10-11-18)28(14-17-6-3-2-4-7-17)22(30)15-29-23(31)25(27-24(29)32)13-12-19-20(25)8-5-9-21(19)26/h2-9,16,18H,10-15H2,1H3,(H,27,32). The lowest BCUT2D eigenvalue weighted by molar-refractivity contribution is -0.141. The largest absolute Gasteiger partial charge is 0.334 e. The van der Waals surface area contributed by atoms with Gasteiger partial charge in [-0.25, -0.2) is 4.79 Å². The number of hydrogen-bond donors (Lipinski definition) is 1. The molecule has 2 aromatic rings. The highest BCUT2D eigenvalue weighted by Crippen LogP contribution is 2.44. The van der Waals surface area contributed by atoms with E-state index in [0.29, 0.717) is 25.3 Å². The first-order valence-electron chi connectivity index (χ1n) is 11.2. The van der Waals surface area contributed by atoms with Crippen molar-refractivity contribution in [2.75, 3.05) is 6.54 Å². The minimum Gasteiger partial charge on any atom is -0.334 e. The van der Waals surface area contributed by atoms with Crippen LogP contribution < -0.4 is 5.32 Å². The van der Waals surface area contributed by atoms with Crippen LogP contribution in [0.2, 0.25) is 0 Å². The van der Waals surface area contributed by atoms with Crippen molar-refractivity contribution in [3.05, 3.63) is 69.7 Å². The maximum Gasteiger partial charge on any atom is 0.325 e. The van der Waals surface area contributed by atoms with Gasteiger partial charge in [0.05, 0.1) is 0 Å². The Morgan fingerprint density at radius 3 is 2.66 bits per heavy atom. The molecular weight excluding hydrogens is 470 g/mol. The van der Waals surface area contributed by atoms with Crippen molar-refractivity contribution in [3.63, 3.8) is 0 Å². The number of carbonyl (C=O) groups is 3. The summed E-state index contributed by atoms with van der Waals surface area (Å²) in [5.74, 6) is -0.0381. The van der Waals surface area contributed by atoms with Crippen LogP contribution in [0, 0.1) is 5.92 Å². The molecule has 1 saturated heterocycles. The van der Waals surface area contributed by atoms with Gasteiger partial charge in [0.25, 0.3) is 5.91 Å². The summed E-state index contributed by atoms with van der Waals surface area (Å²) in [5, 5.41) is 2.92. The van der Waals surface area contributed by atoms with Gasteiger partial charge in [0.1, 0.15) is 12.1 Å². The Morgan fingerprint density at radius 2 is 1.94 bits per heavy atom. The maximum atomic E-state index is 13.5. The zero-order valence-corrected chi connectivity index (χ0v) is 19.6. The number of amides is 4. The van der Waals surface area contributed by atoms with Crippen molar-refractivity contribution >= 4 is 33.8 Å². The van der Waals surface area contributed by atoms with Gasteiger partial charge in [-0.15, -0.1) is 0 Å². The second-order valence-corrected chi connectivity index (χ2v) is 9.93. The quantitative estimate of drug-likeness (QED) is 0.616. The van der Waals surface area contributed by atoms with Crippen LogP contribution in [0.25, 0.3) is 0 Å². The number of halogens is 1. The predicted octanol–water partition coefficient (Wildman–Crippen LogP) is 3.97. The monoisotopic (exact) mass is 495 g/mol. The number of fused-ring (bicyclic) bond motifs is 2. The molecule has 3 aliphatic rings. The van der Waals surface area contributed by atoms with Crippen molar-refractivity contribution in [3.8, 4) is 0 Å². The molecule has 1 saturated carbocycles. The Hall–Kier alpha value is -2.67. The van der Waals surface area contributed by atoms with Crippen LogP contribution in [0.3, 0.4) is 0 Å². The molecule has 6 nitrogen and oxygen atoms in total. The molecule has 1 spiro atoms. The van der Waals surface area contributed by atoms with Crippen LogP contribution in [-0.2, 0) is 28.1 Å². The number of benzene rings is 2. The average Bonchev–Trinajstić information content (AvgIpc) is 3.53. The van der Waals surface area contributed by atoms with Gasteiger partial charge in [0.2, 0.25) is 5.91 Å². The zero-order valence-electron chi connectivity index (χ0n) is 18.0.